The molecule has 0 spiro atoms. The zero-order valence-electron chi connectivity index (χ0n) is 11.2. The molecule has 3 heteroatoms. The lowest BCUT2D eigenvalue weighted by Crippen LogP contribution is -2.29. The van der Waals surface area contributed by atoms with Gasteiger partial charge in [-0.25, -0.2) is 4.98 Å². The van der Waals surface area contributed by atoms with Crippen LogP contribution in [0, 0.1) is 0 Å². The van der Waals surface area contributed by atoms with Gasteiger partial charge in [0.2, 0.25) is 0 Å². The molecule has 0 aromatic carbocycles. The molecule has 2 heterocycles. The number of hydrogen-bond acceptors (Lipinski definition) is 3. The third-order valence-corrected chi connectivity index (χ3v) is 3.79. The maximum atomic E-state index is 4.56. The van der Waals surface area contributed by atoms with E-state index < -0.39 is 0 Å². The largest absolute Gasteiger partial charge is 0.360 e. The maximum absolute atomic E-state index is 4.56. The SMILES string of the molecule is CCN(C)c1ccc([C@@H]2CCCCN2C)cn1. The minimum Gasteiger partial charge on any atom is -0.360 e. The summed E-state index contributed by atoms with van der Waals surface area (Å²) >= 11 is 0. The zero-order chi connectivity index (χ0) is 12.3. The van der Waals surface area contributed by atoms with E-state index in [4.69, 9.17) is 0 Å². The first-order chi connectivity index (χ1) is 8.22. The van der Waals surface area contributed by atoms with E-state index in [1.165, 1.54) is 31.4 Å². The van der Waals surface area contributed by atoms with E-state index in [9.17, 15) is 0 Å². The molecule has 0 N–H and O–H groups in total. The Bertz CT molecular complexity index is 347. The number of hydrogen-bond donors (Lipinski definition) is 0. The summed E-state index contributed by atoms with van der Waals surface area (Å²) in [6, 6.07) is 4.94. The minimum atomic E-state index is 0.567. The summed E-state index contributed by atoms with van der Waals surface area (Å²) in [4.78, 5) is 9.17. The third kappa shape index (κ3) is 2.78. The summed E-state index contributed by atoms with van der Waals surface area (Å²) in [6.45, 7) is 4.35. The van der Waals surface area contributed by atoms with Crippen LogP contribution >= 0.6 is 0 Å². The molecule has 0 bridgehead atoms. The lowest BCUT2D eigenvalue weighted by atomic mass is 9.97. The predicted molar refractivity (Wildman–Crippen MR) is 72.4 cm³/mol. The van der Waals surface area contributed by atoms with E-state index in [0.29, 0.717) is 6.04 Å². The van der Waals surface area contributed by atoms with Crippen LogP contribution in [-0.2, 0) is 0 Å². The van der Waals surface area contributed by atoms with Gasteiger partial charge in [-0.3, -0.25) is 4.90 Å². The Kier molecular flexibility index (Phi) is 4.00. The van der Waals surface area contributed by atoms with Crippen molar-refractivity contribution in [1.82, 2.24) is 9.88 Å². The van der Waals surface area contributed by atoms with Crippen LogP contribution in [0.25, 0.3) is 0 Å². The van der Waals surface area contributed by atoms with Crippen molar-refractivity contribution in [2.45, 2.75) is 32.2 Å². The molecule has 1 aromatic rings. The van der Waals surface area contributed by atoms with E-state index >= 15 is 0 Å². The van der Waals surface area contributed by atoms with Crippen molar-refractivity contribution in [3.05, 3.63) is 23.9 Å². The summed E-state index contributed by atoms with van der Waals surface area (Å²) in [7, 11) is 4.30. The Morgan fingerprint density at radius 2 is 2.24 bits per heavy atom. The van der Waals surface area contributed by atoms with Gasteiger partial charge in [-0.1, -0.05) is 12.5 Å². The summed E-state index contributed by atoms with van der Waals surface area (Å²) in [5.41, 5.74) is 1.36. The van der Waals surface area contributed by atoms with Gasteiger partial charge in [0.15, 0.2) is 0 Å². The second kappa shape index (κ2) is 5.50. The van der Waals surface area contributed by atoms with Crippen molar-refractivity contribution >= 4 is 5.82 Å². The standard InChI is InChI=1S/C14H23N3/c1-4-16(2)14-9-8-12(11-15-14)13-7-5-6-10-17(13)3/h8-9,11,13H,4-7,10H2,1-3H3/t13-/m0/s1. The van der Waals surface area contributed by atoms with Gasteiger partial charge in [0.25, 0.3) is 0 Å². The lowest BCUT2D eigenvalue weighted by molar-refractivity contribution is 0.187. The fourth-order valence-electron chi connectivity index (χ4n) is 2.48. The average Bonchev–Trinajstić information content (AvgIpc) is 2.39. The fourth-order valence-corrected chi connectivity index (χ4v) is 2.48. The molecule has 3 nitrogen and oxygen atoms in total. The Morgan fingerprint density at radius 3 is 2.82 bits per heavy atom. The molecular weight excluding hydrogens is 210 g/mol. The second-order valence-corrected chi connectivity index (χ2v) is 4.96. The quantitative estimate of drug-likeness (QED) is 0.800. The van der Waals surface area contributed by atoms with E-state index in [0.717, 1.165) is 12.4 Å². The average molecular weight is 233 g/mol. The molecule has 94 valence electrons. The monoisotopic (exact) mass is 233 g/mol. The van der Waals surface area contributed by atoms with E-state index in [-0.39, 0.29) is 0 Å². The molecule has 0 amide bonds. The summed E-state index contributed by atoms with van der Waals surface area (Å²) < 4.78 is 0. The van der Waals surface area contributed by atoms with Crippen LogP contribution in [0.15, 0.2) is 18.3 Å². The van der Waals surface area contributed by atoms with Gasteiger partial charge in [-0.05, 0) is 45.0 Å². The summed E-state index contributed by atoms with van der Waals surface area (Å²) in [5, 5.41) is 0. The topological polar surface area (TPSA) is 19.4 Å². The number of pyridine rings is 1. The van der Waals surface area contributed by atoms with Crippen LogP contribution in [0.3, 0.4) is 0 Å². The molecule has 1 aromatic heterocycles. The number of nitrogens with zero attached hydrogens (tertiary/aromatic N) is 3. The number of rotatable bonds is 3. The Morgan fingerprint density at radius 1 is 1.41 bits per heavy atom. The van der Waals surface area contributed by atoms with Crippen molar-refractivity contribution in [1.29, 1.82) is 0 Å². The normalized spacial score (nSPS) is 21.5. The van der Waals surface area contributed by atoms with Crippen LogP contribution in [0.2, 0.25) is 0 Å². The maximum Gasteiger partial charge on any atom is 0.128 e. The molecule has 0 saturated carbocycles. The first-order valence-corrected chi connectivity index (χ1v) is 6.59. The van der Waals surface area contributed by atoms with Crippen molar-refractivity contribution < 1.29 is 0 Å². The molecule has 0 unspecified atom stereocenters. The number of anilines is 1. The van der Waals surface area contributed by atoms with Gasteiger partial charge in [-0.15, -0.1) is 0 Å². The van der Waals surface area contributed by atoms with Gasteiger partial charge >= 0.3 is 0 Å². The molecule has 0 aliphatic carbocycles. The Balaban J connectivity index is 2.11. The van der Waals surface area contributed by atoms with E-state index in [1.807, 2.05) is 6.20 Å². The summed E-state index contributed by atoms with van der Waals surface area (Å²) in [5.74, 6) is 1.06. The Labute approximate surface area is 104 Å². The van der Waals surface area contributed by atoms with Gasteiger partial charge in [0, 0.05) is 25.8 Å². The highest BCUT2D eigenvalue weighted by atomic mass is 15.2. The van der Waals surface area contributed by atoms with Gasteiger partial charge in [0.05, 0.1) is 0 Å². The van der Waals surface area contributed by atoms with Gasteiger partial charge in [-0.2, -0.15) is 0 Å². The van der Waals surface area contributed by atoms with Crippen molar-refractivity contribution in [2.75, 3.05) is 32.1 Å². The third-order valence-electron chi connectivity index (χ3n) is 3.79. The molecule has 1 aliphatic rings. The fraction of sp³-hybridized carbons (Fsp3) is 0.643. The van der Waals surface area contributed by atoms with Crippen LogP contribution in [0.1, 0.15) is 37.8 Å². The van der Waals surface area contributed by atoms with Crippen molar-refractivity contribution in [3.63, 3.8) is 0 Å². The number of aromatic nitrogens is 1. The van der Waals surface area contributed by atoms with Crippen molar-refractivity contribution in [2.24, 2.45) is 0 Å². The molecule has 17 heavy (non-hydrogen) atoms. The highest BCUT2D eigenvalue weighted by molar-refractivity contribution is 5.38. The highest BCUT2D eigenvalue weighted by Crippen LogP contribution is 2.29. The van der Waals surface area contributed by atoms with E-state index in [2.05, 4.69) is 47.9 Å². The van der Waals surface area contributed by atoms with Crippen LogP contribution in [0.5, 0.6) is 0 Å². The smallest absolute Gasteiger partial charge is 0.128 e. The first-order valence-electron chi connectivity index (χ1n) is 6.59. The number of piperidine rings is 1. The lowest BCUT2D eigenvalue weighted by Gasteiger charge is -2.32. The molecule has 0 radical (unpaired) electrons. The molecule has 1 atom stereocenters. The van der Waals surface area contributed by atoms with Crippen LogP contribution in [0.4, 0.5) is 5.82 Å². The number of likely N-dealkylation sites (tertiary alicyclic amines) is 1. The minimum absolute atomic E-state index is 0.567. The van der Waals surface area contributed by atoms with Gasteiger partial charge in [0.1, 0.15) is 5.82 Å². The molecule has 1 aliphatic heterocycles. The molecule has 2 rings (SSSR count). The summed E-state index contributed by atoms with van der Waals surface area (Å²) in [6.07, 6.45) is 5.98. The zero-order valence-corrected chi connectivity index (χ0v) is 11.2. The molecular formula is C14H23N3. The van der Waals surface area contributed by atoms with Crippen LogP contribution < -0.4 is 4.90 Å². The highest BCUT2D eigenvalue weighted by Gasteiger charge is 2.20. The second-order valence-electron chi connectivity index (χ2n) is 4.96. The van der Waals surface area contributed by atoms with Crippen molar-refractivity contribution in [3.8, 4) is 0 Å². The van der Waals surface area contributed by atoms with E-state index in [1.54, 1.807) is 0 Å². The molecule has 1 saturated heterocycles. The Hall–Kier alpha value is -1.09. The van der Waals surface area contributed by atoms with Crippen LogP contribution in [-0.4, -0.2) is 37.1 Å². The molecule has 1 fully saturated rings. The van der Waals surface area contributed by atoms with Gasteiger partial charge < -0.3 is 4.90 Å². The predicted octanol–water partition coefficient (Wildman–Crippen LogP) is 2.69. The first kappa shape index (κ1) is 12.4.